The summed E-state index contributed by atoms with van der Waals surface area (Å²) in [4.78, 5) is 5.45. The molecule has 27 heavy (non-hydrogen) atoms. The van der Waals surface area contributed by atoms with Gasteiger partial charge < -0.3 is 4.74 Å². The topological polar surface area (TPSA) is 62.7 Å². The van der Waals surface area contributed by atoms with Crippen molar-refractivity contribution in [2.24, 2.45) is 5.92 Å². The molecule has 1 aliphatic heterocycles. The van der Waals surface area contributed by atoms with Crippen LogP contribution in [0.3, 0.4) is 0 Å². The predicted molar refractivity (Wildman–Crippen MR) is 92.7 cm³/mol. The Hall–Kier alpha value is -1.23. The van der Waals surface area contributed by atoms with Crippen molar-refractivity contribution < 1.29 is 26.3 Å². The summed E-state index contributed by atoms with van der Waals surface area (Å²) in [5, 5.41) is 0. The number of rotatable bonds is 6. The molecule has 0 amide bonds. The highest BCUT2D eigenvalue weighted by atomic mass is 32.2. The van der Waals surface area contributed by atoms with Crippen LogP contribution in [0.1, 0.15) is 24.2 Å². The molecule has 1 aromatic heterocycles. The number of piperazine rings is 1. The van der Waals surface area contributed by atoms with E-state index in [1.54, 1.807) is 7.11 Å². The number of ether oxygens (including phenoxy) is 1. The van der Waals surface area contributed by atoms with E-state index < -0.39 is 21.9 Å². The molecule has 0 N–H and O–H groups in total. The van der Waals surface area contributed by atoms with Gasteiger partial charge in [0.2, 0.25) is 10.0 Å². The van der Waals surface area contributed by atoms with E-state index in [0.29, 0.717) is 32.1 Å². The van der Waals surface area contributed by atoms with Gasteiger partial charge in [-0.15, -0.1) is 0 Å². The Bertz CT molecular complexity index is 773. The predicted octanol–water partition coefficient (Wildman–Crippen LogP) is 2.14. The van der Waals surface area contributed by atoms with E-state index in [-0.39, 0.29) is 16.7 Å². The Labute approximate surface area is 157 Å². The fourth-order valence-electron chi connectivity index (χ4n) is 3.41. The maximum absolute atomic E-state index is 12.8. The largest absolute Gasteiger partial charge is 0.433 e. The first-order valence-electron chi connectivity index (χ1n) is 8.93. The van der Waals surface area contributed by atoms with Crippen LogP contribution < -0.4 is 0 Å². The summed E-state index contributed by atoms with van der Waals surface area (Å²) in [7, 11) is -2.17. The molecular formula is C17H24F3N3O3S. The van der Waals surface area contributed by atoms with E-state index in [1.807, 2.05) is 0 Å². The molecule has 2 fully saturated rings. The van der Waals surface area contributed by atoms with Crippen molar-refractivity contribution in [3.63, 3.8) is 0 Å². The first-order chi connectivity index (χ1) is 12.6. The Kier molecular flexibility index (Phi) is 5.81. The van der Waals surface area contributed by atoms with Gasteiger partial charge in [0.25, 0.3) is 0 Å². The molecule has 3 rings (SSSR count). The molecule has 1 saturated carbocycles. The summed E-state index contributed by atoms with van der Waals surface area (Å²) in [6, 6.07) is 1.72. The Morgan fingerprint density at radius 1 is 1.22 bits per heavy atom. The average molecular weight is 407 g/mol. The maximum atomic E-state index is 12.8. The van der Waals surface area contributed by atoms with Gasteiger partial charge in [-0.3, -0.25) is 4.90 Å². The molecule has 1 saturated heterocycles. The van der Waals surface area contributed by atoms with Crippen molar-refractivity contribution in [2.45, 2.75) is 36.9 Å². The third-order valence-electron chi connectivity index (χ3n) is 5.17. The second-order valence-electron chi connectivity index (χ2n) is 7.09. The van der Waals surface area contributed by atoms with Crippen LogP contribution in [0, 0.1) is 12.8 Å². The number of aromatic nitrogens is 1. The van der Waals surface area contributed by atoms with E-state index in [1.165, 1.54) is 24.1 Å². The van der Waals surface area contributed by atoms with Crippen LogP contribution in [0.2, 0.25) is 0 Å². The lowest BCUT2D eigenvalue weighted by atomic mass is 10.2. The molecule has 2 heterocycles. The molecular weight excluding hydrogens is 383 g/mol. The molecule has 10 heteroatoms. The van der Waals surface area contributed by atoms with Crippen LogP contribution in [0.15, 0.2) is 17.0 Å². The van der Waals surface area contributed by atoms with Gasteiger partial charge >= 0.3 is 6.18 Å². The highest BCUT2D eigenvalue weighted by Gasteiger charge is 2.37. The van der Waals surface area contributed by atoms with Crippen LogP contribution in [0.25, 0.3) is 0 Å². The Morgan fingerprint density at radius 3 is 2.33 bits per heavy atom. The van der Waals surface area contributed by atoms with E-state index >= 15 is 0 Å². The zero-order chi connectivity index (χ0) is 19.8. The van der Waals surface area contributed by atoms with Crippen molar-refractivity contribution in [3.05, 3.63) is 23.5 Å². The van der Waals surface area contributed by atoms with Crippen LogP contribution in [0.5, 0.6) is 0 Å². The highest BCUT2D eigenvalue weighted by molar-refractivity contribution is 7.89. The lowest BCUT2D eigenvalue weighted by molar-refractivity contribution is -0.141. The minimum absolute atomic E-state index is 0.138. The molecule has 1 unspecified atom stereocenters. The zero-order valence-corrected chi connectivity index (χ0v) is 16.2. The molecule has 0 bridgehead atoms. The van der Waals surface area contributed by atoms with E-state index in [0.717, 1.165) is 18.7 Å². The van der Waals surface area contributed by atoms with Crippen molar-refractivity contribution in [2.75, 3.05) is 39.8 Å². The second kappa shape index (κ2) is 7.65. The number of sulfonamides is 1. The summed E-state index contributed by atoms with van der Waals surface area (Å²) in [5.41, 5.74) is -1.23. The molecule has 0 spiro atoms. The Balaban J connectivity index is 1.66. The van der Waals surface area contributed by atoms with Crippen molar-refractivity contribution >= 4 is 10.0 Å². The monoisotopic (exact) mass is 407 g/mol. The van der Waals surface area contributed by atoms with Gasteiger partial charge in [-0.1, -0.05) is 0 Å². The van der Waals surface area contributed by atoms with E-state index in [9.17, 15) is 21.6 Å². The van der Waals surface area contributed by atoms with Crippen LogP contribution in [-0.2, 0) is 20.9 Å². The fourth-order valence-corrected chi connectivity index (χ4v) is 4.99. The van der Waals surface area contributed by atoms with Crippen LogP contribution >= 0.6 is 0 Å². The summed E-state index contributed by atoms with van der Waals surface area (Å²) >= 11 is 0. The molecule has 0 aromatic carbocycles. The van der Waals surface area contributed by atoms with Gasteiger partial charge in [0, 0.05) is 39.8 Å². The molecule has 1 aromatic rings. The van der Waals surface area contributed by atoms with Crippen molar-refractivity contribution in [1.29, 1.82) is 0 Å². The zero-order valence-electron chi connectivity index (χ0n) is 15.4. The molecule has 0 radical (unpaired) electrons. The molecule has 6 nitrogen and oxygen atoms in total. The van der Waals surface area contributed by atoms with Gasteiger partial charge in [0.1, 0.15) is 10.6 Å². The second-order valence-corrected chi connectivity index (χ2v) is 9.00. The highest BCUT2D eigenvalue weighted by Crippen LogP contribution is 2.34. The normalized spacial score (nSPS) is 21.4. The molecule has 1 aliphatic carbocycles. The van der Waals surface area contributed by atoms with E-state index in [4.69, 9.17) is 4.74 Å². The minimum atomic E-state index is -4.60. The van der Waals surface area contributed by atoms with Gasteiger partial charge in [-0.2, -0.15) is 17.5 Å². The molecule has 152 valence electrons. The SMILES string of the molecule is COC(CN1CCN(S(=O)(=O)c2ccc(C(F)(F)F)nc2C)CC1)C1CC1. The smallest absolute Gasteiger partial charge is 0.380 e. The summed E-state index contributed by atoms with van der Waals surface area (Å²) in [5.74, 6) is 0.595. The summed E-state index contributed by atoms with van der Waals surface area (Å²) < 4.78 is 70.8. The Morgan fingerprint density at radius 2 is 1.85 bits per heavy atom. The average Bonchev–Trinajstić information content (AvgIpc) is 3.44. The fraction of sp³-hybridized carbons (Fsp3) is 0.706. The number of aryl methyl sites for hydroxylation is 1. The number of pyridine rings is 1. The number of nitrogens with zero attached hydrogens (tertiary/aromatic N) is 3. The van der Waals surface area contributed by atoms with Gasteiger partial charge in [0.05, 0.1) is 11.8 Å². The van der Waals surface area contributed by atoms with Gasteiger partial charge in [-0.05, 0) is 37.8 Å². The number of alkyl halides is 3. The number of hydrogen-bond acceptors (Lipinski definition) is 5. The number of methoxy groups -OCH3 is 1. The van der Waals surface area contributed by atoms with Crippen LogP contribution in [0.4, 0.5) is 13.2 Å². The third kappa shape index (κ3) is 4.61. The number of hydrogen-bond donors (Lipinski definition) is 0. The minimum Gasteiger partial charge on any atom is -0.380 e. The van der Waals surface area contributed by atoms with Gasteiger partial charge in [-0.25, -0.2) is 13.4 Å². The van der Waals surface area contributed by atoms with Crippen molar-refractivity contribution in [1.82, 2.24) is 14.2 Å². The quantitative estimate of drug-likeness (QED) is 0.723. The lowest BCUT2D eigenvalue weighted by Crippen LogP contribution is -2.50. The lowest BCUT2D eigenvalue weighted by Gasteiger charge is -2.35. The molecule has 2 aliphatic rings. The standard InChI is InChI=1S/C17H24F3N3O3S/c1-12-15(5-6-16(21-12)17(18,19)20)27(24,25)23-9-7-22(8-10-23)11-14(26-2)13-3-4-13/h5-6,13-14H,3-4,7-11H2,1-2H3. The summed E-state index contributed by atoms with van der Waals surface area (Å²) in [6.45, 7) is 3.79. The van der Waals surface area contributed by atoms with Crippen LogP contribution in [-0.4, -0.2) is 68.5 Å². The first-order valence-corrected chi connectivity index (χ1v) is 10.4. The van der Waals surface area contributed by atoms with E-state index in [2.05, 4.69) is 9.88 Å². The van der Waals surface area contributed by atoms with Crippen molar-refractivity contribution in [3.8, 4) is 0 Å². The third-order valence-corrected chi connectivity index (χ3v) is 7.20. The first kappa shape index (κ1) is 20.5. The van der Waals surface area contributed by atoms with Gasteiger partial charge in [0.15, 0.2) is 0 Å². The summed E-state index contributed by atoms with van der Waals surface area (Å²) in [6.07, 6.45) is -2.08. The molecule has 1 atom stereocenters. The maximum Gasteiger partial charge on any atom is 0.433 e. The number of halogens is 3.